The van der Waals surface area contributed by atoms with Crippen LogP contribution in [0, 0.1) is 29.5 Å². The van der Waals surface area contributed by atoms with E-state index in [4.69, 9.17) is 9.47 Å². The summed E-state index contributed by atoms with van der Waals surface area (Å²) in [7, 11) is 1.41. The lowest BCUT2D eigenvalue weighted by Gasteiger charge is -2.36. The maximum Gasteiger partial charge on any atom is 0.314 e. The van der Waals surface area contributed by atoms with Gasteiger partial charge in [-0.2, -0.15) is 0 Å². The van der Waals surface area contributed by atoms with E-state index < -0.39 is 5.82 Å². The third-order valence-corrected chi connectivity index (χ3v) is 6.17. The zero-order valence-corrected chi connectivity index (χ0v) is 15.3. The molecule has 3 nitrogen and oxygen atoms in total. The Balaban J connectivity index is 0.00000182. The molecule has 0 amide bonds. The summed E-state index contributed by atoms with van der Waals surface area (Å²) in [5.74, 6) is 2.13. The van der Waals surface area contributed by atoms with Gasteiger partial charge in [-0.15, -0.1) is 0 Å². The van der Waals surface area contributed by atoms with Crippen LogP contribution in [0.2, 0.25) is 0 Å². The van der Waals surface area contributed by atoms with Gasteiger partial charge in [0.1, 0.15) is 5.75 Å². The molecule has 0 heterocycles. The van der Waals surface area contributed by atoms with Crippen LogP contribution in [0.5, 0.6) is 11.5 Å². The van der Waals surface area contributed by atoms with Crippen molar-refractivity contribution in [3.63, 3.8) is 0 Å². The van der Waals surface area contributed by atoms with Crippen molar-refractivity contribution in [2.45, 2.75) is 58.3 Å². The second-order valence-electron chi connectivity index (χ2n) is 7.85. The number of benzene rings is 1. The Hall–Kier alpha value is -1.58. The zero-order valence-electron chi connectivity index (χ0n) is 15.3. The maximum atomic E-state index is 13.7. The molecular formula is C21H33FO3. The number of ether oxygens (including phenoxy) is 2. The minimum Gasteiger partial charge on any atom is -0.494 e. The molecule has 0 atom stereocenters. The number of carbonyl (C=O) groups excluding carboxylic acids is 1. The van der Waals surface area contributed by atoms with E-state index in [2.05, 4.69) is 6.92 Å². The Morgan fingerprint density at radius 2 is 1.64 bits per heavy atom. The number of esters is 1. The highest BCUT2D eigenvalue weighted by molar-refractivity contribution is 5.75. The number of hydrogen-bond donors (Lipinski definition) is 0. The normalized spacial score (nSPS) is 29.9. The van der Waals surface area contributed by atoms with Crippen molar-refractivity contribution in [1.29, 1.82) is 0 Å². The molecule has 0 aliphatic heterocycles. The first kappa shape index (κ1) is 18.2. The van der Waals surface area contributed by atoms with Gasteiger partial charge in [-0.05, 0) is 68.4 Å². The van der Waals surface area contributed by atoms with Gasteiger partial charge in [-0.1, -0.05) is 19.8 Å². The molecule has 1 aromatic carbocycles. The first-order chi connectivity index (χ1) is 12.1. The monoisotopic (exact) mass is 352 g/mol. The van der Waals surface area contributed by atoms with Crippen molar-refractivity contribution in [3.8, 4) is 11.5 Å². The van der Waals surface area contributed by atoms with E-state index in [1.54, 1.807) is 6.07 Å². The van der Waals surface area contributed by atoms with Crippen LogP contribution in [0.3, 0.4) is 0 Å². The average molecular weight is 352 g/mol. The highest BCUT2D eigenvalue weighted by Gasteiger charge is 2.33. The SMILES string of the molecule is COc1ccc(OC(=O)C2CCC(C3CCC(C)CC3)CC2)cc1F.[HH].[HH]. The second kappa shape index (κ2) is 8.20. The first-order valence-electron chi connectivity index (χ1n) is 9.62. The molecule has 2 fully saturated rings. The Morgan fingerprint density at radius 3 is 2.20 bits per heavy atom. The van der Waals surface area contributed by atoms with Gasteiger partial charge in [-0.25, -0.2) is 4.39 Å². The van der Waals surface area contributed by atoms with Crippen molar-refractivity contribution < 1.29 is 21.5 Å². The van der Waals surface area contributed by atoms with Gasteiger partial charge in [0.05, 0.1) is 13.0 Å². The molecule has 0 saturated heterocycles. The zero-order chi connectivity index (χ0) is 17.8. The number of hydrogen-bond acceptors (Lipinski definition) is 3. The Kier molecular flexibility index (Phi) is 5.98. The molecular weight excluding hydrogens is 319 g/mol. The molecule has 2 saturated carbocycles. The molecule has 0 N–H and O–H groups in total. The van der Waals surface area contributed by atoms with Gasteiger partial charge in [0, 0.05) is 8.92 Å². The van der Waals surface area contributed by atoms with Gasteiger partial charge < -0.3 is 9.47 Å². The minimum absolute atomic E-state index is 0. The van der Waals surface area contributed by atoms with Crippen LogP contribution in [0.15, 0.2) is 18.2 Å². The lowest BCUT2D eigenvalue weighted by molar-refractivity contribution is -0.140. The largest absolute Gasteiger partial charge is 0.494 e. The summed E-state index contributed by atoms with van der Waals surface area (Å²) in [6.07, 6.45) is 9.46. The number of carbonyl (C=O) groups is 1. The summed E-state index contributed by atoms with van der Waals surface area (Å²) in [6.45, 7) is 2.35. The highest BCUT2D eigenvalue weighted by atomic mass is 19.1. The van der Waals surface area contributed by atoms with Crippen LogP contribution in [0.4, 0.5) is 4.39 Å². The fraction of sp³-hybridized carbons (Fsp3) is 0.667. The molecule has 25 heavy (non-hydrogen) atoms. The minimum atomic E-state index is -0.511. The third kappa shape index (κ3) is 4.53. The fourth-order valence-corrected chi connectivity index (χ4v) is 4.49. The van der Waals surface area contributed by atoms with Crippen molar-refractivity contribution in [2.75, 3.05) is 7.11 Å². The average Bonchev–Trinajstić information content (AvgIpc) is 2.63. The van der Waals surface area contributed by atoms with E-state index in [0.717, 1.165) is 43.4 Å². The Morgan fingerprint density at radius 1 is 1.04 bits per heavy atom. The topological polar surface area (TPSA) is 35.5 Å². The van der Waals surface area contributed by atoms with Crippen LogP contribution in [0.25, 0.3) is 0 Å². The predicted octanol–water partition coefficient (Wildman–Crippen LogP) is 5.86. The standard InChI is InChI=1S/C21H29FO3.2H2/c1-14-3-5-15(6-4-14)16-7-9-17(10-8-16)21(23)25-18-11-12-20(24-2)19(22)13-18;;/h11-17H,3-10H2,1-2H3;2*1H. The first-order valence-corrected chi connectivity index (χ1v) is 9.62. The van der Waals surface area contributed by atoms with Crippen molar-refractivity contribution >= 4 is 5.97 Å². The van der Waals surface area contributed by atoms with Crippen LogP contribution >= 0.6 is 0 Å². The van der Waals surface area contributed by atoms with Crippen LogP contribution in [-0.4, -0.2) is 13.1 Å². The lowest BCUT2D eigenvalue weighted by atomic mass is 9.69. The molecule has 2 aliphatic carbocycles. The summed E-state index contributed by atoms with van der Waals surface area (Å²) < 4.78 is 24.0. The molecule has 0 bridgehead atoms. The summed E-state index contributed by atoms with van der Waals surface area (Å²) >= 11 is 0. The molecule has 3 rings (SSSR count). The molecule has 0 radical (unpaired) electrons. The van der Waals surface area contributed by atoms with E-state index in [1.807, 2.05) is 0 Å². The van der Waals surface area contributed by atoms with Gasteiger partial charge in [0.2, 0.25) is 0 Å². The van der Waals surface area contributed by atoms with Crippen molar-refractivity contribution in [2.24, 2.45) is 23.7 Å². The molecule has 1 aromatic rings. The van der Waals surface area contributed by atoms with E-state index in [1.165, 1.54) is 44.9 Å². The lowest BCUT2D eigenvalue weighted by Crippen LogP contribution is -2.29. The summed E-state index contributed by atoms with van der Waals surface area (Å²) in [5, 5.41) is 0. The molecule has 0 spiro atoms. The highest BCUT2D eigenvalue weighted by Crippen LogP contribution is 2.41. The molecule has 2 aliphatic rings. The Labute approximate surface area is 152 Å². The summed E-state index contributed by atoms with van der Waals surface area (Å²) in [4.78, 5) is 12.4. The molecule has 4 heteroatoms. The smallest absolute Gasteiger partial charge is 0.314 e. The van der Waals surface area contributed by atoms with Gasteiger partial charge in [0.25, 0.3) is 0 Å². The van der Waals surface area contributed by atoms with Gasteiger partial charge >= 0.3 is 5.97 Å². The number of halogens is 1. The fourth-order valence-electron chi connectivity index (χ4n) is 4.49. The van der Waals surface area contributed by atoms with E-state index in [-0.39, 0.29) is 26.2 Å². The van der Waals surface area contributed by atoms with E-state index >= 15 is 0 Å². The Bertz CT molecular complexity index is 595. The maximum absolute atomic E-state index is 13.7. The van der Waals surface area contributed by atoms with Crippen LogP contribution in [0.1, 0.15) is 61.1 Å². The molecule has 142 valence electrons. The summed E-state index contributed by atoms with van der Waals surface area (Å²) in [6, 6.07) is 4.28. The van der Waals surface area contributed by atoms with E-state index in [0.29, 0.717) is 0 Å². The van der Waals surface area contributed by atoms with Crippen molar-refractivity contribution in [1.82, 2.24) is 0 Å². The molecule has 0 unspecified atom stereocenters. The number of rotatable bonds is 4. The van der Waals surface area contributed by atoms with Crippen LogP contribution in [-0.2, 0) is 4.79 Å². The van der Waals surface area contributed by atoms with Crippen LogP contribution < -0.4 is 9.47 Å². The van der Waals surface area contributed by atoms with Gasteiger partial charge in [0.15, 0.2) is 11.6 Å². The molecule has 0 aromatic heterocycles. The predicted molar refractivity (Wildman–Crippen MR) is 99.4 cm³/mol. The number of methoxy groups -OCH3 is 1. The third-order valence-electron chi connectivity index (χ3n) is 6.17. The quantitative estimate of drug-likeness (QED) is 0.502. The summed E-state index contributed by atoms with van der Waals surface area (Å²) in [5.41, 5.74) is 0. The van der Waals surface area contributed by atoms with Crippen molar-refractivity contribution in [3.05, 3.63) is 24.0 Å². The van der Waals surface area contributed by atoms with E-state index in [9.17, 15) is 9.18 Å². The second-order valence-corrected chi connectivity index (χ2v) is 7.85. The van der Waals surface area contributed by atoms with Gasteiger partial charge in [-0.3, -0.25) is 4.79 Å².